The van der Waals surface area contributed by atoms with Gasteiger partial charge in [-0.15, -0.1) is 0 Å². The first-order valence-corrected chi connectivity index (χ1v) is 13.1. The van der Waals surface area contributed by atoms with Crippen molar-refractivity contribution in [3.8, 4) is 11.8 Å². The zero-order valence-electron chi connectivity index (χ0n) is 22.8. The van der Waals surface area contributed by atoms with E-state index in [2.05, 4.69) is 22.4 Å². The zero-order valence-corrected chi connectivity index (χ0v) is 22.8. The lowest BCUT2D eigenvalue weighted by Gasteiger charge is -2.60. The second-order valence-corrected chi connectivity index (χ2v) is 11.3. The number of nitrogens with one attached hydrogen (secondary N) is 1. The van der Waals surface area contributed by atoms with E-state index in [1.165, 1.54) is 0 Å². The second kappa shape index (κ2) is 9.16. The Hall–Kier alpha value is -3.32. The Morgan fingerprint density at radius 2 is 1.84 bits per heavy atom. The average molecular weight is 518 g/mol. The van der Waals surface area contributed by atoms with Crippen LogP contribution in [0.5, 0.6) is 5.75 Å². The largest absolute Gasteiger partial charge is 0.507 e. The van der Waals surface area contributed by atoms with Gasteiger partial charge in [-0.25, -0.2) is 0 Å². The van der Waals surface area contributed by atoms with Crippen LogP contribution in [0.25, 0.3) is 0 Å². The number of phenolic OH excluding ortho intramolecular Hbond substituents is 1. The maximum Gasteiger partial charge on any atom is 0.236 e. The van der Waals surface area contributed by atoms with Crippen LogP contribution in [0.2, 0.25) is 0 Å². The van der Waals surface area contributed by atoms with E-state index in [9.17, 15) is 24.8 Å². The van der Waals surface area contributed by atoms with Crippen molar-refractivity contribution in [2.24, 2.45) is 5.73 Å². The first kappa shape index (κ1) is 26.3. The molecule has 3 aliphatic heterocycles. The number of likely N-dealkylation sites (N-methyl/N-ethyl adjacent to an activating group) is 1. The van der Waals surface area contributed by atoms with E-state index in [1.54, 1.807) is 20.8 Å². The van der Waals surface area contributed by atoms with Crippen molar-refractivity contribution in [1.82, 2.24) is 15.1 Å². The van der Waals surface area contributed by atoms with Gasteiger partial charge >= 0.3 is 0 Å². The van der Waals surface area contributed by atoms with Crippen molar-refractivity contribution in [2.45, 2.75) is 83.7 Å². The lowest BCUT2D eigenvalue weighted by atomic mass is 9.69. The van der Waals surface area contributed by atoms with Crippen molar-refractivity contribution < 1.29 is 19.5 Å². The number of rotatable bonds is 3. The highest BCUT2D eigenvalue weighted by Crippen LogP contribution is 2.52. The number of benzene rings is 1. The molecule has 200 valence electrons. The fourth-order valence-corrected chi connectivity index (χ4v) is 6.93. The van der Waals surface area contributed by atoms with Gasteiger partial charge in [0.15, 0.2) is 11.6 Å². The van der Waals surface area contributed by atoms with Gasteiger partial charge in [0.05, 0.1) is 24.2 Å². The Kier molecular flexibility index (Phi) is 6.33. The molecule has 1 saturated heterocycles. The fraction of sp³-hybridized carbons (Fsp3) is 0.517. The summed E-state index contributed by atoms with van der Waals surface area (Å²) in [5.41, 5.74) is 11.1. The minimum Gasteiger partial charge on any atom is -0.507 e. The number of fused-ring (bicyclic) bond motifs is 6. The van der Waals surface area contributed by atoms with Gasteiger partial charge in [-0.1, -0.05) is 6.07 Å². The predicted molar refractivity (Wildman–Crippen MR) is 141 cm³/mol. The third-order valence-electron chi connectivity index (χ3n) is 9.27. The number of aryl methyl sites for hydroxylation is 1. The van der Waals surface area contributed by atoms with E-state index in [4.69, 9.17) is 5.73 Å². The van der Waals surface area contributed by atoms with Crippen LogP contribution in [-0.2, 0) is 20.8 Å². The van der Waals surface area contributed by atoms with Gasteiger partial charge in [0.25, 0.3) is 0 Å². The number of phenols is 1. The summed E-state index contributed by atoms with van der Waals surface area (Å²) in [4.78, 5) is 43.9. The summed E-state index contributed by atoms with van der Waals surface area (Å²) in [5.74, 6) is -0.514. The van der Waals surface area contributed by atoms with E-state index in [1.807, 2.05) is 25.8 Å². The van der Waals surface area contributed by atoms with Gasteiger partial charge in [-0.3, -0.25) is 24.2 Å². The van der Waals surface area contributed by atoms with Gasteiger partial charge in [0.1, 0.15) is 11.8 Å². The molecule has 1 aromatic rings. The number of aromatic hydroxyl groups is 1. The van der Waals surface area contributed by atoms with Crippen LogP contribution < -0.4 is 11.1 Å². The van der Waals surface area contributed by atoms with Crippen LogP contribution >= 0.6 is 0 Å². The highest BCUT2D eigenvalue weighted by molar-refractivity contribution is 6.25. The van der Waals surface area contributed by atoms with Crippen molar-refractivity contribution in [3.05, 3.63) is 50.6 Å². The van der Waals surface area contributed by atoms with Gasteiger partial charge in [-0.2, -0.15) is 5.26 Å². The number of carbonyl (C=O) groups excluding carboxylic acids is 3. The highest BCUT2D eigenvalue weighted by atomic mass is 16.3. The Balaban J connectivity index is 1.72. The molecule has 3 heterocycles. The van der Waals surface area contributed by atoms with Gasteiger partial charge in [-0.05, 0) is 71.2 Å². The topological polar surface area (TPSA) is 140 Å². The van der Waals surface area contributed by atoms with E-state index in [-0.39, 0.29) is 54.3 Å². The first-order chi connectivity index (χ1) is 17.9. The normalized spacial score (nSPS) is 29.9. The Bertz CT molecular complexity index is 1380. The van der Waals surface area contributed by atoms with Crippen LogP contribution in [0.1, 0.15) is 55.5 Å². The SMILES string of the molecule is CC1=C(C)C(=O)C2=C(C[C@H]3[C@H]4c5c(cc(C)c(C)c5O)C[C@@H]([C@H](C#N)N3[C@H]2CNC(=O)[C@H](C)N)N4C)C1=O. The molecule has 6 atom stereocenters. The third kappa shape index (κ3) is 3.58. The molecule has 0 aromatic heterocycles. The van der Waals surface area contributed by atoms with Crippen molar-refractivity contribution in [3.63, 3.8) is 0 Å². The fourth-order valence-electron chi connectivity index (χ4n) is 6.93. The molecule has 0 radical (unpaired) electrons. The van der Waals surface area contributed by atoms with Crippen molar-refractivity contribution in [2.75, 3.05) is 13.6 Å². The quantitative estimate of drug-likeness (QED) is 0.513. The van der Waals surface area contributed by atoms with Gasteiger partial charge < -0.3 is 16.2 Å². The molecule has 9 heteroatoms. The number of nitriles is 1. The Morgan fingerprint density at radius 1 is 1.18 bits per heavy atom. The molecule has 0 saturated carbocycles. The standard InChI is InChI=1S/C29H35N5O4/c1-12-7-17-8-19-21(10-30)34-20(25(33(19)6)23(17)27(36)13(12)2)9-18-24(22(34)11-32-29(38)16(5)31)28(37)15(4)14(3)26(18)35/h7,16,19-22,25,36H,8-9,11,31H2,1-6H3,(H,32,38)/t16-,19-,20-,21-,22-,25-/m0/s1. The minimum absolute atomic E-state index is 0.0498. The molecule has 2 bridgehead atoms. The molecule has 1 amide bonds. The summed E-state index contributed by atoms with van der Waals surface area (Å²) in [6, 6.07) is 1.71. The predicted octanol–water partition coefficient (Wildman–Crippen LogP) is 1.50. The zero-order chi connectivity index (χ0) is 27.8. The van der Waals surface area contributed by atoms with Crippen molar-refractivity contribution >= 4 is 17.5 Å². The maximum absolute atomic E-state index is 13.7. The van der Waals surface area contributed by atoms with Crippen LogP contribution in [-0.4, -0.2) is 76.2 Å². The number of carbonyl (C=O) groups is 3. The van der Waals surface area contributed by atoms with Gasteiger partial charge in [0.2, 0.25) is 5.91 Å². The average Bonchev–Trinajstić information content (AvgIpc) is 2.88. The monoisotopic (exact) mass is 517 g/mol. The van der Waals surface area contributed by atoms with Crippen LogP contribution in [0.15, 0.2) is 28.4 Å². The molecule has 1 aromatic carbocycles. The summed E-state index contributed by atoms with van der Waals surface area (Å²) >= 11 is 0. The smallest absolute Gasteiger partial charge is 0.236 e. The summed E-state index contributed by atoms with van der Waals surface area (Å²) in [6.07, 6.45) is 0.835. The highest BCUT2D eigenvalue weighted by Gasteiger charge is 2.57. The number of ketones is 2. The van der Waals surface area contributed by atoms with E-state index in [0.29, 0.717) is 28.7 Å². The lowest BCUT2D eigenvalue weighted by Crippen LogP contribution is -2.71. The number of amides is 1. The summed E-state index contributed by atoms with van der Waals surface area (Å²) in [5, 5.41) is 24.7. The van der Waals surface area contributed by atoms with Gasteiger partial charge in [0, 0.05) is 46.5 Å². The van der Waals surface area contributed by atoms with E-state index < -0.39 is 18.1 Å². The Morgan fingerprint density at radius 3 is 2.47 bits per heavy atom. The number of nitrogens with two attached hydrogens (primary N) is 1. The molecular weight excluding hydrogens is 482 g/mol. The molecule has 0 spiro atoms. The molecule has 4 N–H and O–H groups in total. The first-order valence-electron chi connectivity index (χ1n) is 13.1. The second-order valence-electron chi connectivity index (χ2n) is 11.3. The minimum atomic E-state index is -0.746. The van der Waals surface area contributed by atoms with Crippen molar-refractivity contribution in [1.29, 1.82) is 5.26 Å². The number of hydrogen-bond donors (Lipinski definition) is 3. The summed E-state index contributed by atoms with van der Waals surface area (Å²) < 4.78 is 0. The number of hydrogen-bond acceptors (Lipinski definition) is 8. The van der Waals surface area contributed by atoms with E-state index >= 15 is 0 Å². The third-order valence-corrected chi connectivity index (χ3v) is 9.27. The lowest BCUT2D eigenvalue weighted by molar-refractivity contribution is -0.124. The molecule has 0 unspecified atom stereocenters. The molecular formula is C29H35N5O4. The molecule has 4 aliphatic rings. The molecule has 1 fully saturated rings. The molecule has 38 heavy (non-hydrogen) atoms. The number of Topliss-reactive ketones (excluding diaryl/α,β-unsaturated/α-hetero) is 2. The number of piperazine rings is 1. The molecule has 1 aliphatic carbocycles. The maximum atomic E-state index is 13.7. The summed E-state index contributed by atoms with van der Waals surface area (Å²) in [7, 11) is 1.97. The van der Waals surface area contributed by atoms with Crippen LogP contribution in [0.4, 0.5) is 0 Å². The summed E-state index contributed by atoms with van der Waals surface area (Å²) in [6.45, 7) is 8.82. The molecule has 9 nitrogen and oxygen atoms in total. The van der Waals surface area contributed by atoms with E-state index in [0.717, 1.165) is 22.3 Å². The Labute approximate surface area is 223 Å². The van der Waals surface area contributed by atoms with Crippen LogP contribution in [0, 0.1) is 25.2 Å². The van der Waals surface area contributed by atoms with Crippen LogP contribution in [0.3, 0.4) is 0 Å². The number of nitrogens with zero attached hydrogens (tertiary/aromatic N) is 3. The molecule has 5 rings (SSSR count). The number of allylic oxidation sites excluding steroid dienone is 2.